The Balaban J connectivity index is 1.99. The number of nitrogens with zero attached hydrogens (tertiary/aromatic N) is 1. The molecule has 0 radical (unpaired) electrons. The molecule has 5 heteroatoms. The molecule has 1 amide bonds. The second kappa shape index (κ2) is 4.92. The van der Waals surface area contributed by atoms with Gasteiger partial charge in [0.25, 0.3) is 0 Å². The highest BCUT2D eigenvalue weighted by atomic mass is 16.5. The molecule has 1 heterocycles. The van der Waals surface area contributed by atoms with Crippen LogP contribution in [0.2, 0.25) is 0 Å². The van der Waals surface area contributed by atoms with E-state index in [-0.39, 0.29) is 5.91 Å². The maximum atomic E-state index is 11.6. The second-order valence-electron chi connectivity index (χ2n) is 5.27. The Labute approximate surface area is 103 Å². The van der Waals surface area contributed by atoms with Gasteiger partial charge in [-0.3, -0.25) is 9.69 Å². The Morgan fingerprint density at radius 2 is 2.35 bits per heavy atom. The van der Waals surface area contributed by atoms with Crippen molar-refractivity contribution in [3.8, 4) is 0 Å². The van der Waals surface area contributed by atoms with Gasteiger partial charge in [0.1, 0.15) is 0 Å². The van der Waals surface area contributed by atoms with Crippen LogP contribution >= 0.6 is 0 Å². The predicted molar refractivity (Wildman–Crippen MR) is 65.6 cm³/mol. The van der Waals surface area contributed by atoms with Crippen molar-refractivity contribution in [2.24, 2.45) is 5.73 Å². The third kappa shape index (κ3) is 2.46. The number of nitrogens with one attached hydrogen (secondary N) is 1. The van der Waals surface area contributed by atoms with Crippen molar-refractivity contribution in [2.45, 2.75) is 43.9 Å². The summed E-state index contributed by atoms with van der Waals surface area (Å²) in [6.07, 6.45) is 3.00. The summed E-state index contributed by atoms with van der Waals surface area (Å²) in [5, 5.41) is 3.12. The van der Waals surface area contributed by atoms with Crippen LogP contribution < -0.4 is 11.1 Å². The van der Waals surface area contributed by atoms with Crippen LogP contribution in [-0.2, 0) is 9.53 Å². The Morgan fingerprint density at radius 3 is 2.88 bits per heavy atom. The summed E-state index contributed by atoms with van der Waals surface area (Å²) in [7, 11) is 1.83. The minimum atomic E-state index is -0.494. The first-order valence-electron chi connectivity index (χ1n) is 6.42. The van der Waals surface area contributed by atoms with E-state index < -0.39 is 5.54 Å². The maximum absolute atomic E-state index is 11.6. The number of carbonyl (C=O) groups excluding carboxylic acids is 1. The van der Waals surface area contributed by atoms with Crippen LogP contribution in [0.15, 0.2) is 0 Å². The minimum absolute atomic E-state index is 0.219. The molecule has 17 heavy (non-hydrogen) atoms. The molecule has 0 spiro atoms. The summed E-state index contributed by atoms with van der Waals surface area (Å²) in [5.41, 5.74) is 5.02. The highest BCUT2D eigenvalue weighted by molar-refractivity contribution is 5.85. The molecule has 1 saturated heterocycles. The lowest BCUT2D eigenvalue weighted by Gasteiger charge is -2.36. The molecule has 1 saturated carbocycles. The fourth-order valence-corrected chi connectivity index (χ4v) is 3.08. The fraction of sp³-hybridized carbons (Fsp3) is 0.917. The molecule has 2 aliphatic rings. The summed E-state index contributed by atoms with van der Waals surface area (Å²) in [5.74, 6) is -0.219. The van der Waals surface area contributed by atoms with Crippen LogP contribution in [0.4, 0.5) is 0 Å². The van der Waals surface area contributed by atoms with Crippen molar-refractivity contribution < 1.29 is 9.53 Å². The van der Waals surface area contributed by atoms with Gasteiger partial charge >= 0.3 is 0 Å². The zero-order chi connectivity index (χ0) is 12.5. The van der Waals surface area contributed by atoms with Crippen molar-refractivity contribution >= 4 is 5.91 Å². The molecule has 2 rings (SSSR count). The standard InChI is InChI=1S/C12H23N3O2/c1-9-8-15(5-6-17-9)10-3-4-12(7-10,14-2)11(13)16/h9-10,14H,3-8H2,1-2H3,(H2,13,16). The number of likely N-dealkylation sites (N-methyl/N-ethyl adjacent to an activating group) is 1. The third-order valence-corrected chi connectivity index (χ3v) is 4.23. The first-order chi connectivity index (χ1) is 8.07. The highest BCUT2D eigenvalue weighted by Crippen LogP contribution is 2.33. The molecule has 98 valence electrons. The molecule has 1 aliphatic heterocycles. The molecule has 1 aliphatic carbocycles. The lowest BCUT2D eigenvalue weighted by molar-refractivity contribution is -0.124. The van der Waals surface area contributed by atoms with E-state index in [0.717, 1.165) is 39.0 Å². The summed E-state index contributed by atoms with van der Waals surface area (Å²) < 4.78 is 5.54. The predicted octanol–water partition coefficient (Wildman–Crippen LogP) is -0.297. The highest BCUT2D eigenvalue weighted by Gasteiger charge is 2.44. The first-order valence-corrected chi connectivity index (χ1v) is 6.42. The van der Waals surface area contributed by atoms with E-state index >= 15 is 0 Å². The van der Waals surface area contributed by atoms with Crippen molar-refractivity contribution in [3.05, 3.63) is 0 Å². The van der Waals surface area contributed by atoms with Crippen LogP contribution in [0.25, 0.3) is 0 Å². The number of ether oxygens (including phenoxy) is 1. The van der Waals surface area contributed by atoms with Crippen molar-refractivity contribution in [1.29, 1.82) is 0 Å². The van der Waals surface area contributed by atoms with Crippen LogP contribution in [0.1, 0.15) is 26.2 Å². The van der Waals surface area contributed by atoms with Gasteiger partial charge in [-0.15, -0.1) is 0 Å². The summed E-state index contributed by atoms with van der Waals surface area (Å²) in [6.45, 7) is 4.82. The largest absolute Gasteiger partial charge is 0.376 e. The molecule has 0 aromatic carbocycles. The lowest BCUT2D eigenvalue weighted by atomic mass is 9.96. The lowest BCUT2D eigenvalue weighted by Crippen LogP contribution is -2.54. The summed E-state index contributed by atoms with van der Waals surface area (Å²) in [6, 6.07) is 0.460. The van der Waals surface area contributed by atoms with Gasteiger partial charge in [0, 0.05) is 19.1 Å². The first kappa shape index (κ1) is 12.8. The van der Waals surface area contributed by atoms with Gasteiger partial charge in [0.15, 0.2) is 0 Å². The zero-order valence-electron chi connectivity index (χ0n) is 10.7. The maximum Gasteiger partial charge on any atom is 0.237 e. The van der Waals surface area contributed by atoms with Crippen LogP contribution in [-0.4, -0.2) is 55.2 Å². The Morgan fingerprint density at radius 1 is 1.59 bits per heavy atom. The molecular formula is C12H23N3O2. The topological polar surface area (TPSA) is 67.6 Å². The second-order valence-corrected chi connectivity index (χ2v) is 5.27. The Bertz CT molecular complexity index is 297. The molecule has 3 N–H and O–H groups in total. The van der Waals surface area contributed by atoms with Crippen molar-refractivity contribution in [1.82, 2.24) is 10.2 Å². The van der Waals surface area contributed by atoms with E-state index in [9.17, 15) is 4.79 Å². The van der Waals surface area contributed by atoms with E-state index in [0.29, 0.717) is 12.1 Å². The molecule has 2 fully saturated rings. The monoisotopic (exact) mass is 241 g/mol. The van der Waals surface area contributed by atoms with Gasteiger partial charge in [0.05, 0.1) is 18.2 Å². The Hall–Kier alpha value is -0.650. The van der Waals surface area contributed by atoms with Crippen LogP contribution in [0, 0.1) is 0 Å². The average molecular weight is 241 g/mol. The number of morpholine rings is 1. The Kier molecular flexibility index (Phi) is 3.70. The van der Waals surface area contributed by atoms with Crippen LogP contribution in [0.5, 0.6) is 0 Å². The summed E-state index contributed by atoms with van der Waals surface area (Å²) >= 11 is 0. The van der Waals surface area contributed by atoms with Gasteiger partial charge < -0.3 is 15.8 Å². The van der Waals surface area contributed by atoms with Gasteiger partial charge in [0.2, 0.25) is 5.91 Å². The number of hydrogen-bond donors (Lipinski definition) is 2. The van der Waals surface area contributed by atoms with Crippen LogP contribution in [0.3, 0.4) is 0 Å². The van der Waals surface area contributed by atoms with Crippen molar-refractivity contribution in [2.75, 3.05) is 26.7 Å². The molecule has 5 nitrogen and oxygen atoms in total. The number of amides is 1. The quantitative estimate of drug-likeness (QED) is 0.712. The number of hydrogen-bond acceptors (Lipinski definition) is 4. The number of rotatable bonds is 3. The van der Waals surface area contributed by atoms with E-state index in [1.54, 1.807) is 0 Å². The van der Waals surface area contributed by atoms with E-state index in [1.165, 1.54) is 0 Å². The van der Waals surface area contributed by atoms with E-state index in [2.05, 4.69) is 17.1 Å². The van der Waals surface area contributed by atoms with Crippen molar-refractivity contribution in [3.63, 3.8) is 0 Å². The zero-order valence-corrected chi connectivity index (χ0v) is 10.7. The normalized spacial score (nSPS) is 39.4. The summed E-state index contributed by atoms with van der Waals surface area (Å²) in [4.78, 5) is 14.0. The van der Waals surface area contributed by atoms with Gasteiger partial charge in [-0.2, -0.15) is 0 Å². The molecular weight excluding hydrogens is 218 g/mol. The number of nitrogens with two attached hydrogens (primary N) is 1. The van der Waals surface area contributed by atoms with E-state index in [1.807, 2.05) is 7.05 Å². The van der Waals surface area contributed by atoms with Gasteiger partial charge in [-0.25, -0.2) is 0 Å². The van der Waals surface area contributed by atoms with Gasteiger partial charge in [-0.05, 0) is 33.2 Å². The van der Waals surface area contributed by atoms with Gasteiger partial charge in [-0.1, -0.05) is 0 Å². The smallest absolute Gasteiger partial charge is 0.237 e. The molecule has 3 unspecified atom stereocenters. The molecule has 0 aromatic rings. The third-order valence-electron chi connectivity index (χ3n) is 4.23. The number of primary amides is 1. The molecule has 3 atom stereocenters. The molecule has 0 aromatic heterocycles. The number of carbonyl (C=O) groups is 1. The molecule has 0 bridgehead atoms. The SMILES string of the molecule is CNC1(C(N)=O)CCC(N2CCOC(C)C2)C1. The van der Waals surface area contributed by atoms with E-state index in [4.69, 9.17) is 10.5 Å². The minimum Gasteiger partial charge on any atom is -0.376 e. The fourth-order valence-electron chi connectivity index (χ4n) is 3.08. The average Bonchev–Trinajstić information content (AvgIpc) is 2.74.